The molecule has 162 valence electrons. The molecule has 0 amide bonds. The molecule has 0 heterocycles. The van der Waals surface area contributed by atoms with Crippen LogP contribution >= 0.6 is 0 Å². The molecule has 0 radical (unpaired) electrons. The van der Waals surface area contributed by atoms with Crippen LogP contribution in [0.15, 0.2) is 41.3 Å². The van der Waals surface area contributed by atoms with Gasteiger partial charge in [-0.3, -0.25) is 9.10 Å². The molecule has 0 fully saturated rings. The average Bonchev–Trinajstić information content (AvgIpc) is 2.72. The van der Waals surface area contributed by atoms with Crippen LogP contribution in [0.3, 0.4) is 0 Å². The molecular weight excluding hydrogens is 410 g/mol. The van der Waals surface area contributed by atoms with E-state index in [0.29, 0.717) is 16.9 Å². The topological polar surface area (TPSA) is 99.2 Å². The summed E-state index contributed by atoms with van der Waals surface area (Å²) in [4.78, 5) is 24.3. The predicted molar refractivity (Wildman–Crippen MR) is 111 cm³/mol. The second kappa shape index (κ2) is 9.62. The Kier molecular flexibility index (Phi) is 7.44. The minimum absolute atomic E-state index is 0.0204. The third-order valence-corrected chi connectivity index (χ3v) is 6.27. The van der Waals surface area contributed by atoms with Crippen molar-refractivity contribution in [2.45, 2.75) is 25.7 Å². The van der Waals surface area contributed by atoms with E-state index in [4.69, 9.17) is 14.2 Å². The quantitative estimate of drug-likeness (QED) is 0.588. The summed E-state index contributed by atoms with van der Waals surface area (Å²) in [5.74, 6) is -0.785. The molecule has 0 aliphatic rings. The lowest BCUT2D eigenvalue weighted by molar-refractivity contribution is -0.141. The van der Waals surface area contributed by atoms with Gasteiger partial charge < -0.3 is 14.2 Å². The zero-order valence-corrected chi connectivity index (χ0v) is 18.4. The minimum Gasteiger partial charge on any atom is -0.496 e. The molecule has 0 aromatic heterocycles. The first-order valence-corrected chi connectivity index (χ1v) is 10.6. The molecule has 8 nitrogen and oxygen atoms in total. The maximum absolute atomic E-state index is 13.5. The predicted octanol–water partition coefficient (Wildman–Crippen LogP) is 2.86. The Balaban J connectivity index is 2.65. The van der Waals surface area contributed by atoms with E-state index in [1.807, 2.05) is 0 Å². The highest BCUT2D eigenvalue weighted by Gasteiger charge is 2.30. The molecule has 0 unspecified atom stereocenters. The third kappa shape index (κ3) is 4.73. The van der Waals surface area contributed by atoms with Crippen molar-refractivity contribution >= 4 is 27.6 Å². The zero-order valence-electron chi connectivity index (χ0n) is 17.6. The van der Waals surface area contributed by atoms with Crippen LogP contribution in [0.1, 0.15) is 28.4 Å². The van der Waals surface area contributed by atoms with E-state index in [1.54, 1.807) is 26.8 Å². The van der Waals surface area contributed by atoms with Crippen molar-refractivity contribution in [2.24, 2.45) is 0 Å². The summed E-state index contributed by atoms with van der Waals surface area (Å²) in [5.41, 5.74) is 1.36. The molecule has 30 heavy (non-hydrogen) atoms. The fourth-order valence-electron chi connectivity index (χ4n) is 2.99. The van der Waals surface area contributed by atoms with Crippen LogP contribution < -0.4 is 9.04 Å². The maximum atomic E-state index is 13.5. The molecule has 2 aromatic carbocycles. The third-order valence-electron chi connectivity index (χ3n) is 4.51. The normalized spacial score (nSPS) is 11.0. The van der Waals surface area contributed by atoms with E-state index in [0.717, 1.165) is 4.31 Å². The van der Waals surface area contributed by atoms with Gasteiger partial charge in [0.15, 0.2) is 0 Å². The number of rotatable bonds is 8. The number of carbonyl (C=O) groups is 2. The number of nitrogens with zero attached hydrogens (tertiary/aromatic N) is 1. The molecule has 0 bridgehead atoms. The summed E-state index contributed by atoms with van der Waals surface area (Å²) in [5, 5.41) is 0. The summed E-state index contributed by atoms with van der Waals surface area (Å²) >= 11 is 0. The van der Waals surface area contributed by atoms with Crippen molar-refractivity contribution in [3.05, 3.63) is 53.1 Å². The van der Waals surface area contributed by atoms with Crippen LogP contribution in [-0.4, -0.2) is 47.7 Å². The van der Waals surface area contributed by atoms with Crippen LogP contribution in [0.4, 0.5) is 5.69 Å². The van der Waals surface area contributed by atoms with Crippen LogP contribution in [0, 0.1) is 13.8 Å². The SMILES string of the molecule is CCOC(=O)CN(c1cccc(C(=O)OC)c1C)S(=O)(=O)c1ccc(OC)c(C)c1. The molecule has 2 aromatic rings. The highest BCUT2D eigenvalue weighted by atomic mass is 32.2. The highest BCUT2D eigenvalue weighted by molar-refractivity contribution is 7.92. The molecule has 0 saturated carbocycles. The van der Waals surface area contributed by atoms with E-state index in [-0.39, 0.29) is 22.8 Å². The number of hydrogen-bond donors (Lipinski definition) is 0. The van der Waals surface area contributed by atoms with Crippen LogP contribution in [0.2, 0.25) is 0 Å². The molecule has 0 aliphatic carbocycles. The Hall–Kier alpha value is -3.07. The lowest BCUT2D eigenvalue weighted by Gasteiger charge is -2.26. The fraction of sp³-hybridized carbons (Fsp3) is 0.333. The number of anilines is 1. The molecular formula is C21H25NO7S. The first-order chi connectivity index (χ1) is 14.2. The van der Waals surface area contributed by atoms with Crippen LogP contribution in [-0.2, 0) is 24.3 Å². The first-order valence-electron chi connectivity index (χ1n) is 9.18. The van der Waals surface area contributed by atoms with Gasteiger partial charge >= 0.3 is 11.9 Å². The minimum atomic E-state index is -4.16. The van der Waals surface area contributed by atoms with Gasteiger partial charge in [-0.05, 0) is 62.2 Å². The van der Waals surface area contributed by atoms with E-state index in [1.165, 1.54) is 44.6 Å². The number of carbonyl (C=O) groups excluding carboxylic acids is 2. The van der Waals surface area contributed by atoms with Gasteiger partial charge in [-0.25, -0.2) is 13.2 Å². The summed E-state index contributed by atoms with van der Waals surface area (Å²) in [6.45, 7) is 4.50. The van der Waals surface area contributed by atoms with Crippen molar-refractivity contribution < 1.29 is 32.2 Å². The summed E-state index contributed by atoms with van der Waals surface area (Å²) in [7, 11) is -1.43. The Morgan fingerprint density at radius 1 is 1.07 bits per heavy atom. The van der Waals surface area contributed by atoms with Gasteiger partial charge in [0, 0.05) is 0 Å². The van der Waals surface area contributed by atoms with Crippen molar-refractivity contribution in [3.8, 4) is 5.75 Å². The van der Waals surface area contributed by atoms with Crippen LogP contribution in [0.5, 0.6) is 5.75 Å². The molecule has 0 aliphatic heterocycles. The van der Waals surface area contributed by atoms with Gasteiger partial charge in [0.2, 0.25) is 0 Å². The van der Waals surface area contributed by atoms with Gasteiger partial charge in [0.1, 0.15) is 12.3 Å². The van der Waals surface area contributed by atoms with Crippen LogP contribution in [0.25, 0.3) is 0 Å². The molecule has 0 spiro atoms. The highest BCUT2D eigenvalue weighted by Crippen LogP contribution is 2.31. The Morgan fingerprint density at radius 2 is 1.77 bits per heavy atom. The summed E-state index contributed by atoms with van der Waals surface area (Å²) < 4.78 is 42.8. The number of sulfonamides is 1. The smallest absolute Gasteiger partial charge is 0.338 e. The molecule has 0 N–H and O–H groups in total. The zero-order chi connectivity index (χ0) is 22.5. The summed E-state index contributed by atoms with van der Waals surface area (Å²) in [6.07, 6.45) is 0. The number of methoxy groups -OCH3 is 2. The average molecular weight is 435 g/mol. The Bertz CT molecular complexity index is 1050. The van der Waals surface area contributed by atoms with Crippen molar-refractivity contribution in [3.63, 3.8) is 0 Å². The second-order valence-corrected chi connectivity index (χ2v) is 8.25. The van der Waals surface area contributed by atoms with E-state index >= 15 is 0 Å². The number of hydrogen-bond acceptors (Lipinski definition) is 7. The van der Waals surface area contributed by atoms with Crippen molar-refractivity contribution in [2.75, 3.05) is 31.7 Å². The lowest BCUT2D eigenvalue weighted by Crippen LogP contribution is -2.37. The monoisotopic (exact) mass is 435 g/mol. The van der Waals surface area contributed by atoms with E-state index in [2.05, 4.69) is 0 Å². The molecule has 0 saturated heterocycles. The number of ether oxygens (including phenoxy) is 3. The molecule has 2 rings (SSSR count). The summed E-state index contributed by atoms with van der Waals surface area (Å²) in [6, 6.07) is 8.99. The van der Waals surface area contributed by atoms with Gasteiger partial charge in [0.05, 0.1) is 37.0 Å². The van der Waals surface area contributed by atoms with Gasteiger partial charge in [-0.15, -0.1) is 0 Å². The fourth-order valence-corrected chi connectivity index (χ4v) is 4.54. The Labute approximate surface area is 176 Å². The molecule has 0 atom stereocenters. The van der Waals surface area contributed by atoms with Gasteiger partial charge in [0.25, 0.3) is 10.0 Å². The van der Waals surface area contributed by atoms with E-state index in [9.17, 15) is 18.0 Å². The number of benzene rings is 2. The van der Waals surface area contributed by atoms with Gasteiger partial charge in [-0.1, -0.05) is 6.07 Å². The lowest BCUT2D eigenvalue weighted by atomic mass is 10.1. The molecule has 9 heteroatoms. The Morgan fingerprint density at radius 3 is 2.33 bits per heavy atom. The number of aryl methyl sites for hydroxylation is 1. The standard InChI is InChI=1S/C21H25NO7S/c1-6-29-20(23)13-22(18-9-7-8-17(15(18)3)21(24)28-5)30(25,26)16-10-11-19(27-4)14(2)12-16/h7-12H,6,13H2,1-5H3. The van der Waals surface area contributed by atoms with E-state index < -0.39 is 28.5 Å². The van der Waals surface area contributed by atoms with Crippen molar-refractivity contribution in [1.29, 1.82) is 0 Å². The van der Waals surface area contributed by atoms with Gasteiger partial charge in [-0.2, -0.15) is 0 Å². The number of esters is 2. The largest absolute Gasteiger partial charge is 0.496 e. The van der Waals surface area contributed by atoms with Crippen molar-refractivity contribution in [1.82, 2.24) is 0 Å². The first kappa shape index (κ1) is 23.2. The maximum Gasteiger partial charge on any atom is 0.338 e. The second-order valence-electron chi connectivity index (χ2n) is 6.39.